The van der Waals surface area contributed by atoms with Gasteiger partial charge in [-0.3, -0.25) is 4.90 Å². The average molecular weight is 1150 g/mol. The molecular weight excluding hydrogens is 1060 g/mol. The smallest absolute Gasteiger partial charge is 0.414 e. The Morgan fingerprint density at radius 3 is 2.25 bits per heavy atom. The highest BCUT2D eigenvalue weighted by molar-refractivity contribution is 5.89. The largest absolute Gasteiger partial charge is 0.442 e. The first kappa shape index (κ1) is 64.7. The maximum Gasteiger partial charge on any atom is 0.414 e. The van der Waals surface area contributed by atoms with Crippen molar-refractivity contribution in [1.29, 1.82) is 0 Å². The van der Waals surface area contributed by atoms with E-state index in [1.807, 2.05) is 70.6 Å². The van der Waals surface area contributed by atoms with Crippen LogP contribution in [0.2, 0.25) is 0 Å². The van der Waals surface area contributed by atoms with Gasteiger partial charge in [0.25, 0.3) is 0 Å². The molecule has 7 rings (SSSR count). The summed E-state index contributed by atoms with van der Waals surface area (Å²) in [7, 11) is 9.04. The zero-order valence-electron chi connectivity index (χ0n) is 50.1. The number of ether oxygens (including phenoxy) is 7. The van der Waals surface area contributed by atoms with E-state index in [1.54, 1.807) is 63.8 Å². The monoisotopic (exact) mass is 1150 g/mol. The number of likely N-dealkylation sites (N-methyl/N-ethyl adjacent to an activating group) is 2. The summed E-state index contributed by atoms with van der Waals surface area (Å²) in [5.74, 6) is -2.48. The van der Waals surface area contributed by atoms with Crippen LogP contribution in [-0.2, 0) is 52.7 Å². The van der Waals surface area contributed by atoms with Gasteiger partial charge in [0.15, 0.2) is 24.7 Å². The van der Waals surface area contributed by atoms with Crippen molar-refractivity contribution in [3.63, 3.8) is 0 Å². The van der Waals surface area contributed by atoms with E-state index < -0.39 is 126 Å². The molecule has 4 fully saturated rings. The van der Waals surface area contributed by atoms with Gasteiger partial charge in [-0.05, 0) is 113 Å². The molecular formula is C56H93FN10O14. The number of aromatic nitrogens is 6. The lowest BCUT2D eigenvalue weighted by atomic mass is 9.77. The minimum atomic E-state index is -1.80. The van der Waals surface area contributed by atoms with E-state index in [0.29, 0.717) is 49.6 Å². The van der Waals surface area contributed by atoms with Crippen LogP contribution in [0.15, 0.2) is 30.6 Å². The highest BCUT2D eigenvalue weighted by atomic mass is 19.1. The van der Waals surface area contributed by atoms with E-state index in [0.717, 1.165) is 0 Å². The highest BCUT2D eigenvalue weighted by Crippen LogP contribution is 2.41. The second kappa shape index (κ2) is 26.6. The van der Waals surface area contributed by atoms with Crippen LogP contribution < -0.4 is 4.90 Å². The number of anilines is 1. The molecule has 1 aromatic carbocycles. The fraction of sp³-hybridized carbons (Fsp3) is 0.804. The Bertz CT molecular complexity index is 2510. The zero-order valence-corrected chi connectivity index (χ0v) is 50.1. The molecule has 0 spiro atoms. The number of rotatable bonds is 16. The number of aliphatic hydroxyl groups is 6. The topological polar surface area (TPSA) is 277 Å². The lowest BCUT2D eigenvalue weighted by Crippen LogP contribution is -2.61. The summed E-state index contributed by atoms with van der Waals surface area (Å²) in [6.45, 7) is 19.5. The molecule has 4 aliphatic rings. The van der Waals surface area contributed by atoms with E-state index in [1.165, 1.54) is 29.7 Å². The van der Waals surface area contributed by atoms with Crippen LogP contribution in [0.4, 0.5) is 14.9 Å². The molecule has 4 aliphatic heterocycles. The first-order valence-electron chi connectivity index (χ1n) is 28.6. The van der Waals surface area contributed by atoms with Crippen molar-refractivity contribution in [2.75, 3.05) is 59.8 Å². The minimum Gasteiger partial charge on any atom is -0.442 e. The fourth-order valence-corrected chi connectivity index (χ4v) is 12.5. The van der Waals surface area contributed by atoms with Crippen molar-refractivity contribution in [2.45, 2.75) is 217 Å². The van der Waals surface area contributed by atoms with Gasteiger partial charge >= 0.3 is 6.09 Å². The maximum absolute atomic E-state index is 15.4. The molecule has 6 heterocycles. The van der Waals surface area contributed by atoms with Gasteiger partial charge in [0.05, 0.1) is 78.1 Å². The normalized spacial score (nSPS) is 39.0. The molecule has 6 N–H and O–H groups in total. The van der Waals surface area contributed by atoms with Gasteiger partial charge in [0.2, 0.25) is 0 Å². The first-order valence-corrected chi connectivity index (χ1v) is 28.6. The number of amides is 1. The van der Waals surface area contributed by atoms with E-state index >= 15 is 4.39 Å². The Morgan fingerprint density at radius 1 is 0.877 bits per heavy atom. The van der Waals surface area contributed by atoms with E-state index in [4.69, 9.17) is 33.2 Å². The molecule has 1 unspecified atom stereocenters. The summed E-state index contributed by atoms with van der Waals surface area (Å²) in [5, 5.41) is 89.0. The molecule has 2 aromatic heterocycles. The molecule has 458 valence electrons. The molecule has 4 saturated heterocycles. The standard InChI is InChI=1S/C56H93FN10O14/c1-16-44-56(10,74)48(69)35(6)64(14)25-31(2)23-54(8,73)50(33(4)47(34(5)51(71)79-44)80-45-24-55(9,75-15)49(70)36(7)77-45)81-52-46(68)43(21-32(3)76-52)63(13)20-19-37-27-65(60-58-37)29-40-30-66(53(72)78-40)39-17-18-42(41(57)22-39)67-28-38(59-61-67)26-62(11)12/h17-18,22,27-28,31-36,40,43-52,68-71,73-74H,16,19-21,23-26,29-30H2,1-15H3/t31-,32-,33+,34-,35-,36+,40+,43+,44-,45+,46-,47+,48-,49+,50-,51?,52+,54-,55-,56-/m1/s1. The third kappa shape index (κ3) is 15.0. The third-order valence-electron chi connectivity index (χ3n) is 17.3. The number of nitrogens with zero attached hydrogens (tertiary/aromatic N) is 10. The summed E-state index contributed by atoms with van der Waals surface area (Å²) < 4.78 is 62.8. The Morgan fingerprint density at radius 2 is 1.58 bits per heavy atom. The van der Waals surface area contributed by atoms with Crippen LogP contribution in [0.1, 0.15) is 106 Å². The van der Waals surface area contributed by atoms with Crippen molar-refractivity contribution in [3.8, 4) is 5.69 Å². The number of hydrogen-bond donors (Lipinski definition) is 6. The molecule has 0 saturated carbocycles. The van der Waals surface area contributed by atoms with E-state index in [2.05, 4.69) is 20.6 Å². The molecule has 25 heteroatoms. The second-order valence-corrected chi connectivity index (χ2v) is 24.7. The number of carbonyl (C=O) groups excluding carboxylic acids is 1. The number of methoxy groups -OCH3 is 1. The summed E-state index contributed by atoms with van der Waals surface area (Å²) in [6.07, 6.45) is -7.94. The number of aliphatic hydroxyl groups excluding tert-OH is 4. The summed E-state index contributed by atoms with van der Waals surface area (Å²) in [5.41, 5.74) is -2.64. The molecule has 20 atom stereocenters. The van der Waals surface area contributed by atoms with Crippen LogP contribution in [0.5, 0.6) is 0 Å². The summed E-state index contributed by atoms with van der Waals surface area (Å²) in [6, 6.07) is 3.40. The molecule has 81 heavy (non-hydrogen) atoms. The molecule has 1 amide bonds. The van der Waals surface area contributed by atoms with Crippen molar-refractivity contribution in [1.82, 2.24) is 44.7 Å². The SMILES string of the molecule is CC[C@H]1OC(O)[C@H](C)[C@@H](O[C@H]2C[C@@](C)(OC)[C@@H](O)[C@H](C)O2)[C@H](C)[C@@H](O[C@@H]2O[C@H](C)C[C@H](N(C)CCc3cn(C[C@H]4CN(c5ccc(-n6cc(CN(C)C)nn6)c(F)c5)C(=O)O4)nn3)[C@H]2O)[C@](C)(O)C[C@@H](C)CN(C)[C@H](C)[C@@H](O)[C@]1(C)O. The van der Waals surface area contributed by atoms with Crippen molar-refractivity contribution >= 4 is 11.8 Å². The zero-order chi connectivity index (χ0) is 59.6. The number of hydrogen-bond acceptors (Lipinski definition) is 21. The van der Waals surface area contributed by atoms with E-state index in [-0.39, 0.29) is 44.0 Å². The number of carbonyl (C=O) groups is 1. The van der Waals surface area contributed by atoms with Gasteiger partial charge in [-0.15, -0.1) is 10.2 Å². The van der Waals surface area contributed by atoms with Crippen molar-refractivity contribution < 1.29 is 73.0 Å². The van der Waals surface area contributed by atoms with Crippen molar-refractivity contribution in [3.05, 3.63) is 47.8 Å². The van der Waals surface area contributed by atoms with Gasteiger partial charge < -0.3 is 78.5 Å². The number of benzene rings is 1. The Labute approximate surface area is 476 Å². The highest BCUT2D eigenvalue weighted by Gasteiger charge is 2.53. The summed E-state index contributed by atoms with van der Waals surface area (Å²) in [4.78, 5) is 20.3. The fourth-order valence-electron chi connectivity index (χ4n) is 12.5. The average Bonchev–Trinajstić information content (AvgIpc) is 4.24. The third-order valence-corrected chi connectivity index (χ3v) is 17.3. The van der Waals surface area contributed by atoms with Crippen LogP contribution in [0, 0.1) is 23.6 Å². The van der Waals surface area contributed by atoms with Gasteiger partial charge in [-0.1, -0.05) is 38.1 Å². The van der Waals surface area contributed by atoms with Crippen LogP contribution in [0.25, 0.3) is 5.69 Å². The number of cyclic esters (lactones) is 1. The Balaban J connectivity index is 1.06. The van der Waals surface area contributed by atoms with Gasteiger partial charge in [0, 0.05) is 69.7 Å². The summed E-state index contributed by atoms with van der Waals surface area (Å²) >= 11 is 0. The van der Waals surface area contributed by atoms with Crippen LogP contribution >= 0.6 is 0 Å². The second-order valence-electron chi connectivity index (χ2n) is 24.7. The lowest BCUT2D eigenvalue weighted by molar-refractivity contribution is -0.326. The minimum absolute atomic E-state index is 0.106. The van der Waals surface area contributed by atoms with Crippen LogP contribution in [0.3, 0.4) is 0 Å². The van der Waals surface area contributed by atoms with Crippen molar-refractivity contribution in [2.24, 2.45) is 17.8 Å². The van der Waals surface area contributed by atoms with Gasteiger partial charge in [-0.2, -0.15) is 0 Å². The molecule has 0 aliphatic carbocycles. The van der Waals surface area contributed by atoms with Gasteiger partial charge in [-0.25, -0.2) is 18.5 Å². The first-order chi connectivity index (χ1) is 38.0. The Hall–Kier alpha value is -3.90. The van der Waals surface area contributed by atoms with Gasteiger partial charge in [0.1, 0.15) is 35.7 Å². The van der Waals surface area contributed by atoms with E-state index in [9.17, 15) is 35.4 Å². The lowest BCUT2D eigenvalue weighted by Gasteiger charge is -2.49. The molecule has 0 bridgehead atoms. The maximum atomic E-state index is 15.4. The molecule has 3 aromatic rings. The number of halogens is 1. The Kier molecular flexibility index (Phi) is 21.2. The predicted octanol–water partition coefficient (Wildman–Crippen LogP) is 2.70. The molecule has 24 nitrogen and oxygen atoms in total. The quantitative estimate of drug-likeness (QED) is 0.120. The molecule has 0 radical (unpaired) electrons. The predicted molar refractivity (Wildman–Crippen MR) is 294 cm³/mol. The van der Waals surface area contributed by atoms with Crippen LogP contribution in [-0.4, -0.2) is 239 Å².